The second-order valence-corrected chi connectivity index (χ2v) is 5.74. The highest BCUT2D eigenvalue weighted by Gasteiger charge is 2.32. The van der Waals surface area contributed by atoms with E-state index in [0.29, 0.717) is 39.4 Å². The summed E-state index contributed by atoms with van der Waals surface area (Å²) in [6.45, 7) is 5.04. The molecule has 0 aromatic heterocycles. The van der Waals surface area contributed by atoms with Crippen LogP contribution in [0.3, 0.4) is 0 Å². The van der Waals surface area contributed by atoms with Crippen molar-refractivity contribution in [3.8, 4) is 0 Å². The van der Waals surface area contributed by atoms with Crippen LogP contribution in [0, 0.1) is 6.92 Å². The van der Waals surface area contributed by atoms with Crippen molar-refractivity contribution < 1.29 is 19.1 Å². The van der Waals surface area contributed by atoms with Gasteiger partial charge in [-0.3, -0.25) is 4.90 Å². The summed E-state index contributed by atoms with van der Waals surface area (Å²) in [5.74, 6) is 0. The number of carbonyl (C=O) groups excluding carboxylic acids is 2. The molecule has 2 saturated heterocycles. The Bertz CT molecular complexity index is 569. The first-order chi connectivity index (χ1) is 11.1. The minimum atomic E-state index is -0.375. The SMILES string of the molecule is Cc1ccc(N2CC(CNC(=O)N3CCOCC3)OC2=O)cc1. The number of morpholine rings is 1. The Hall–Kier alpha value is -2.28. The van der Waals surface area contributed by atoms with E-state index in [0.717, 1.165) is 11.3 Å². The molecule has 1 unspecified atom stereocenters. The van der Waals surface area contributed by atoms with E-state index in [9.17, 15) is 9.59 Å². The van der Waals surface area contributed by atoms with E-state index >= 15 is 0 Å². The van der Waals surface area contributed by atoms with Gasteiger partial charge in [-0.2, -0.15) is 0 Å². The molecule has 0 saturated carbocycles. The van der Waals surface area contributed by atoms with Crippen molar-refractivity contribution in [1.29, 1.82) is 0 Å². The first-order valence-corrected chi connectivity index (χ1v) is 7.79. The van der Waals surface area contributed by atoms with Crippen molar-refractivity contribution in [3.05, 3.63) is 29.8 Å². The van der Waals surface area contributed by atoms with Crippen LogP contribution in [0.25, 0.3) is 0 Å². The van der Waals surface area contributed by atoms with Crippen LogP contribution >= 0.6 is 0 Å². The lowest BCUT2D eigenvalue weighted by Crippen LogP contribution is -2.48. The predicted molar refractivity (Wildman–Crippen MR) is 84.6 cm³/mol. The van der Waals surface area contributed by atoms with Gasteiger partial charge in [-0.1, -0.05) is 17.7 Å². The quantitative estimate of drug-likeness (QED) is 0.913. The molecule has 1 aromatic carbocycles. The van der Waals surface area contributed by atoms with E-state index in [1.807, 2.05) is 31.2 Å². The van der Waals surface area contributed by atoms with Crippen molar-refractivity contribution >= 4 is 17.8 Å². The van der Waals surface area contributed by atoms with Crippen LogP contribution in [0.5, 0.6) is 0 Å². The summed E-state index contributed by atoms with van der Waals surface area (Å²) in [5.41, 5.74) is 1.94. The maximum atomic E-state index is 12.0. The Balaban J connectivity index is 1.51. The average Bonchev–Trinajstić information content (AvgIpc) is 2.95. The van der Waals surface area contributed by atoms with Crippen LogP contribution in [0.1, 0.15) is 5.56 Å². The lowest BCUT2D eigenvalue weighted by molar-refractivity contribution is 0.0523. The molecule has 2 aliphatic heterocycles. The largest absolute Gasteiger partial charge is 0.442 e. The summed E-state index contributed by atoms with van der Waals surface area (Å²) in [6, 6.07) is 7.56. The van der Waals surface area contributed by atoms with Crippen LogP contribution in [-0.4, -0.2) is 62.5 Å². The Kier molecular flexibility index (Phi) is 4.66. The molecule has 2 fully saturated rings. The van der Waals surface area contributed by atoms with Gasteiger partial charge in [0, 0.05) is 18.8 Å². The van der Waals surface area contributed by atoms with Crippen molar-refractivity contribution in [2.45, 2.75) is 13.0 Å². The van der Waals surface area contributed by atoms with Gasteiger partial charge in [0.1, 0.15) is 6.10 Å². The molecule has 3 rings (SSSR count). The van der Waals surface area contributed by atoms with Gasteiger partial charge in [0.05, 0.1) is 26.3 Å². The molecule has 2 aliphatic rings. The van der Waals surface area contributed by atoms with Gasteiger partial charge in [-0.25, -0.2) is 9.59 Å². The highest BCUT2D eigenvalue weighted by molar-refractivity contribution is 5.89. The number of urea groups is 1. The second-order valence-electron chi connectivity index (χ2n) is 5.74. The summed E-state index contributed by atoms with van der Waals surface area (Å²) < 4.78 is 10.5. The molecule has 0 bridgehead atoms. The first kappa shape index (κ1) is 15.6. The molecule has 1 atom stereocenters. The number of nitrogens with one attached hydrogen (secondary N) is 1. The summed E-state index contributed by atoms with van der Waals surface area (Å²) in [5, 5.41) is 2.82. The number of anilines is 1. The summed E-state index contributed by atoms with van der Waals surface area (Å²) in [7, 11) is 0. The smallest absolute Gasteiger partial charge is 0.414 e. The molecule has 0 spiro atoms. The summed E-state index contributed by atoms with van der Waals surface area (Å²) in [6.07, 6.45) is -0.715. The lowest BCUT2D eigenvalue weighted by Gasteiger charge is -2.27. The van der Waals surface area contributed by atoms with Crippen molar-refractivity contribution in [2.24, 2.45) is 0 Å². The van der Waals surface area contributed by atoms with E-state index in [1.165, 1.54) is 0 Å². The van der Waals surface area contributed by atoms with E-state index in [1.54, 1.807) is 9.80 Å². The zero-order valence-corrected chi connectivity index (χ0v) is 13.2. The van der Waals surface area contributed by atoms with E-state index in [-0.39, 0.29) is 18.2 Å². The Morgan fingerprint density at radius 1 is 1.26 bits per heavy atom. The summed E-state index contributed by atoms with van der Waals surface area (Å²) >= 11 is 0. The number of ether oxygens (including phenoxy) is 2. The normalized spacial score (nSPS) is 21.3. The number of hydrogen-bond donors (Lipinski definition) is 1. The molecule has 7 heteroatoms. The third-order valence-electron chi connectivity index (χ3n) is 4.00. The minimum absolute atomic E-state index is 0.141. The molecule has 0 aliphatic carbocycles. The fourth-order valence-corrected chi connectivity index (χ4v) is 2.64. The molecule has 0 radical (unpaired) electrons. The number of hydrogen-bond acceptors (Lipinski definition) is 4. The third-order valence-corrected chi connectivity index (χ3v) is 4.00. The minimum Gasteiger partial charge on any atom is -0.442 e. The Labute approximate surface area is 135 Å². The number of benzene rings is 1. The number of cyclic esters (lactones) is 1. The van der Waals surface area contributed by atoms with E-state index in [4.69, 9.17) is 9.47 Å². The molecule has 3 amide bonds. The van der Waals surface area contributed by atoms with Gasteiger partial charge in [-0.05, 0) is 19.1 Å². The third kappa shape index (κ3) is 3.73. The van der Waals surface area contributed by atoms with Crippen LogP contribution in [-0.2, 0) is 9.47 Å². The number of rotatable bonds is 3. The van der Waals surface area contributed by atoms with Gasteiger partial charge in [0.2, 0.25) is 0 Å². The van der Waals surface area contributed by atoms with Crippen LogP contribution < -0.4 is 10.2 Å². The second kappa shape index (κ2) is 6.87. The van der Waals surface area contributed by atoms with Crippen LogP contribution in [0.2, 0.25) is 0 Å². The molecular formula is C16H21N3O4. The maximum Gasteiger partial charge on any atom is 0.414 e. The fourth-order valence-electron chi connectivity index (χ4n) is 2.64. The number of amides is 3. The number of aryl methyl sites for hydroxylation is 1. The molecule has 7 nitrogen and oxygen atoms in total. The average molecular weight is 319 g/mol. The fraction of sp³-hybridized carbons (Fsp3) is 0.500. The molecule has 2 heterocycles. The maximum absolute atomic E-state index is 12.0. The van der Waals surface area contributed by atoms with Gasteiger partial charge >= 0.3 is 12.1 Å². The summed E-state index contributed by atoms with van der Waals surface area (Å²) in [4.78, 5) is 27.3. The zero-order valence-electron chi connectivity index (χ0n) is 13.2. The topological polar surface area (TPSA) is 71.1 Å². The molecule has 23 heavy (non-hydrogen) atoms. The molecule has 1 aromatic rings. The Morgan fingerprint density at radius 3 is 2.65 bits per heavy atom. The molecular weight excluding hydrogens is 298 g/mol. The highest BCUT2D eigenvalue weighted by atomic mass is 16.6. The van der Waals surface area contributed by atoms with E-state index in [2.05, 4.69) is 5.32 Å². The number of carbonyl (C=O) groups is 2. The van der Waals surface area contributed by atoms with Gasteiger partial charge in [0.15, 0.2) is 0 Å². The van der Waals surface area contributed by atoms with Crippen molar-refractivity contribution in [1.82, 2.24) is 10.2 Å². The highest BCUT2D eigenvalue weighted by Crippen LogP contribution is 2.21. The lowest BCUT2D eigenvalue weighted by atomic mass is 10.2. The first-order valence-electron chi connectivity index (χ1n) is 7.79. The standard InChI is InChI=1S/C16H21N3O4/c1-12-2-4-13(5-3-12)19-11-14(23-16(19)21)10-17-15(20)18-6-8-22-9-7-18/h2-5,14H,6-11H2,1H3,(H,17,20). The molecule has 124 valence electrons. The van der Waals surface area contributed by atoms with Crippen molar-refractivity contribution in [2.75, 3.05) is 44.3 Å². The van der Waals surface area contributed by atoms with Gasteiger partial charge in [-0.15, -0.1) is 0 Å². The Morgan fingerprint density at radius 2 is 1.96 bits per heavy atom. The monoisotopic (exact) mass is 319 g/mol. The van der Waals surface area contributed by atoms with Crippen LogP contribution in [0.4, 0.5) is 15.3 Å². The molecule has 1 N–H and O–H groups in total. The van der Waals surface area contributed by atoms with Gasteiger partial charge < -0.3 is 19.7 Å². The number of nitrogens with zero attached hydrogens (tertiary/aromatic N) is 2. The zero-order chi connectivity index (χ0) is 16.2. The van der Waals surface area contributed by atoms with Gasteiger partial charge in [0.25, 0.3) is 0 Å². The predicted octanol–water partition coefficient (Wildman–Crippen LogP) is 1.36. The van der Waals surface area contributed by atoms with Crippen molar-refractivity contribution in [3.63, 3.8) is 0 Å². The van der Waals surface area contributed by atoms with E-state index < -0.39 is 0 Å². The van der Waals surface area contributed by atoms with Crippen LogP contribution in [0.15, 0.2) is 24.3 Å².